The van der Waals surface area contributed by atoms with Crippen molar-refractivity contribution in [3.8, 4) is 5.75 Å². The van der Waals surface area contributed by atoms with Gasteiger partial charge in [0.05, 0.1) is 6.42 Å². The molecule has 1 heterocycles. The van der Waals surface area contributed by atoms with Crippen molar-refractivity contribution < 1.29 is 14.6 Å². The number of aliphatic carboxylic acids is 1. The second kappa shape index (κ2) is 3.50. The fourth-order valence-electron chi connectivity index (χ4n) is 3.01. The van der Waals surface area contributed by atoms with Crippen LogP contribution in [-0.2, 0) is 16.6 Å². The van der Waals surface area contributed by atoms with Crippen molar-refractivity contribution in [3.05, 3.63) is 29.3 Å². The van der Waals surface area contributed by atoms with Crippen molar-refractivity contribution in [1.29, 1.82) is 0 Å². The molecule has 2 aliphatic rings. The fraction of sp³-hybridized carbons (Fsp3) is 0.533. The smallest absolute Gasteiger partial charge is 0.304 e. The Balaban J connectivity index is 2.01. The summed E-state index contributed by atoms with van der Waals surface area (Å²) in [6.07, 6.45) is 3.03. The summed E-state index contributed by atoms with van der Waals surface area (Å²) in [6.45, 7) is 4.15. The highest BCUT2D eigenvalue weighted by atomic mass is 16.5. The molecule has 1 aromatic carbocycles. The number of benzene rings is 1. The van der Waals surface area contributed by atoms with E-state index >= 15 is 0 Å². The fourth-order valence-corrected chi connectivity index (χ4v) is 3.01. The molecule has 1 aliphatic carbocycles. The number of para-hydroxylation sites is 1. The molecule has 3 rings (SSSR count). The maximum Gasteiger partial charge on any atom is 0.304 e. The summed E-state index contributed by atoms with van der Waals surface area (Å²) in [7, 11) is 0. The Bertz CT molecular complexity index is 512. The molecule has 1 aromatic rings. The van der Waals surface area contributed by atoms with Crippen molar-refractivity contribution in [3.63, 3.8) is 0 Å². The van der Waals surface area contributed by atoms with E-state index < -0.39 is 5.97 Å². The highest BCUT2D eigenvalue weighted by molar-refractivity contribution is 5.71. The highest BCUT2D eigenvalue weighted by Crippen LogP contribution is 2.56. The molecule has 3 nitrogen and oxygen atoms in total. The summed E-state index contributed by atoms with van der Waals surface area (Å²) in [6, 6.07) is 6.15. The van der Waals surface area contributed by atoms with Crippen molar-refractivity contribution in [2.24, 2.45) is 0 Å². The molecule has 0 bridgehead atoms. The number of hydrogen-bond donors (Lipinski definition) is 1. The number of carbonyl (C=O) groups is 1. The van der Waals surface area contributed by atoms with Gasteiger partial charge in [0.25, 0.3) is 0 Å². The third kappa shape index (κ3) is 1.78. The zero-order valence-electron chi connectivity index (χ0n) is 10.8. The largest absolute Gasteiger partial charge is 0.487 e. The quantitative estimate of drug-likeness (QED) is 0.892. The number of rotatable bonds is 3. The van der Waals surface area contributed by atoms with E-state index in [-0.39, 0.29) is 17.4 Å². The van der Waals surface area contributed by atoms with Crippen LogP contribution in [0.2, 0.25) is 0 Å². The molecule has 0 unspecified atom stereocenters. The first kappa shape index (κ1) is 11.6. The van der Waals surface area contributed by atoms with Gasteiger partial charge in [0.15, 0.2) is 0 Å². The Morgan fingerprint density at radius 3 is 2.72 bits per heavy atom. The van der Waals surface area contributed by atoms with Crippen molar-refractivity contribution >= 4 is 5.97 Å². The Kier molecular flexibility index (Phi) is 2.25. The molecule has 1 N–H and O–H groups in total. The van der Waals surface area contributed by atoms with Gasteiger partial charge in [-0.1, -0.05) is 18.2 Å². The van der Waals surface area contributed by atoms with Crippen LogP contribution in [0, 0.1) is 0 Å². The van der Waals surface area contributed by atoms with Gasteiger partial charge in [0, 0.05) is 17.4 Å². The number of ether oxygens (including phenoxy) is 1. The van der Waals surface area contributed by atoms with Crippen LogP contribution in [-0.4, -0.2) is 16.7 Å². The first-order chi connectivity index (χ1) is 8.42. The Morgan fingerprint density at radius 1 is 1.39 bits per heavy atom. The van der Waals surface area contributed by atoms with Gasteiger partial charge in [0.1, 0.15) is 11.4 Å². The Morgan fingerprint density at radius 2 is 2.11 bits per heavy atom. The van der Waals surface area contributed by atoms with Gasteiger partial charge in [-0.25, -0.2) is 0 Å². The van der Waals surface area contributed by atoms with Gasteiger partial charge in [-0.15, -0.1) is 0 Å². The standard InChI is InChI=1S/C15H18O3/c1-14(2)8-10-4-3-5-11(13(10)18-14)15(6-7-15)9-12(16)17/h3-5H,6-9H2,1-2H3,(H,16,17). The van der Waals surface area contributed by atoms with Crippen LogP contribution in [0.25, 0.3) is 0 Å². The third-order valence-corrected chi connectivity index (χ3v) is 4.01. The van der Waals surface area contributed by atoms with Crippen LogP contribution in [0.5, 0.6) is 5.75 Å². The second-order valence-corrected chi connectivity index (χ2v) is 6.18. The minimum atomic E-state index is -0.720. The lowest BCUT2D eigenvalue weighted by Gasteiger charge is -2.21. The average molecular weight is 246 g/mol. The molecule has 1 fully saturated rings. The van der Waals surface area contributed by atoms with Crippen LogP contribution in [0.4, 0.5) is 0 Å². The van der Waals surface area contributed by atoms with E-state index in [1.165, 1.54) is 5.56 Å². The summed E-state index contributed by atoms with van der Waals surface area (Å²) in [5.41, 5.74) is 1.98. The van der Waals surface area contributed by atoms with Crippen LogP contribution in [0.3, 0.4) is 0 Å². The molecular formula is C15H18O3. The number of carboxylic acid groups (broad SMARTS) is 1. The van der Waals surface area contributed by atoms with E-state index in [9.17, 15) is 4.79 Å². The number of fused-ring (bicyclic) bond motifs is 1. The van der Waals surface area contributed by atoms with Crippen molar-refractivity contribution in [2.45, 2.75) is 50.5 Å². The second-order valence-electron chi connectivity index (χ2n) is 6.18. The minimum absolute atomic E-state index is 0.169. The van der Waals surface area contributed by atoms with Crippen LogP contribution >= 0.6 is 0 Å². The summed E-state index contributed by atoms with van der Waals surface area (Å²) >= 11 is 0. The van der Waals surface area contributed by atoms with Crippen LogP contribution in [0.15, 0.2) is 18.2 Å². The minimum Gasteiger partial charge on any atom is -0.487 e. The first-order valence-electron chi connectivity index (χ1n) is 6.45. The van der Waals surface area contributed by atoms with Crippen molar-refractivity contribution in [1.82, 2.24) is 0 Å². The molecular weight excluding hydrogens is 228 g/mol. The molecule has 1 saturated carbocycles. The van der Waals surface area contributed by atoms with E-state index in [0.717, 1.165) is 30.6 Å². The molecule has 0 atom stereocenters. The highest BCUT2D eigenvalue weighted by Gasteiger charge is 2.49. The van der Waals surface area contributed by atoms with Gasteiger partial charge >= 0.3 is 5.97 Å². The van der Waals surface area contributed by atoms with Crippen LogP contribution < -0.4 is 4.74 Å². The van der Waals surface area contributed by atoms with Gasteiger partial charge in [-0.3, -0.25) is 4.79 Å². The maximum atomic E-state index is 11.0. The summed E-state index contributed by atoms with van der Waals surface area (Å²) < 4.78 is 6.04. The molecule has 1 aliphatic heterocycles. The molecule has 0 aromatic heterocycles. The molecule has 3 heteroatoms. The van der Waals surface area contributed by atoms with E-state index in [4.69, 9.17) is 9.84 Å². The topological polar surface area (TPSA) is 46.5 Å². The average Bonchev–Trinajstić information content (AvgIpc) is 2.91. The number of hydrogen-bond acceptors (Lipinski definition) is 2. The zero-order chi connectivity index (χ0) is 13.0. The van der Waals surface area contributed by atoms with E-state index in [2.05, 4.69) is 19.9 Å². The molecule has 18 heavy (non-hydrogen) atoms. The molecule has 0 radical (unpaired) electrons. The summed E-state index contributed by atoms with van der Waals surface area (Å²) in [5, 5.41) is 9.06. The normalized spacial score (nSPS) is 22.1. The summed E-state index contributed by atoms with van der Waals surface area (Å²) in [4.78, 5) is 11.0. The molecule has 96 valence electrons. The first-order valence-corrected chi connectivity index (χ1v) is 6.45. The number of carboxylic acids is 1. The van der Waals surface area contributed by atoms with Crippen LogP contribution in [0.1, 0.15) is 44.2 Å². The predicted octanol–water partition coefficient (Wildman–Crippen LogP) is 2.91. The monoisotopic (exact) mass is 246 g/mol. The lowest BCUT2D eigenvalue weighted by molar-refractivity contribution is -0.137. The van der Waals surface area contributed by atoms with Gasteiger partial charge in [-0.05, 0) is 32.3 Å². The summed E-state index contributed by atoms with van der Waals surface area (Å²) in [5.74, 6) is 0.226. The van der Waals surface area contributed by atoms with E-state index in [0.29, 0.717) is 0 Å². The molecule has 0 amide bonds. The third-order valence-electron chi connectivity index (χ3n) is 4.01. The predicted molar refractivity (Wildman–Crippen MR) is 68.0 cm³/mol. The van der Waals surface area contributed by atoms with Gasteiger partial charge in [-0.2, -0.15) is 0 Å². The van der Waals surface area contributed by atoms with Gasteiger partial charge in [0.2, 0.25) is 0 Å². The van der Waals surface area contributed by atoms with E-state index in [1.54, 1.807) is 0 Å². The maximum absolute atomic E-state index is 11.0. The molecule has 0 spiro atoms. The van der Waals surface area contributed by atoms with Gasteiger partial charge < -0.3 is 9.84 Å². The Hall–Kier alpha value is -1.51. The SMILES string of the molecule is CC1(C)Cc2cccc(C3(CC(=O)O)CC3)c2O1. The van der Waals surface area contributed by atoms with Crippen molar-refractivity contribution in [2.75, 3.05) is 0 Å². The Labute approximate surface area is 107 Å². The molecule has 0 saturated heterocycles. The lowest BCUT2D eigenvalue weighted by atomic mass is 9.89. The lowest BCUT2D eigenvalue weighted by Crippen LogP contribution is -2.25. The zero-order valence-corrected chi connectivity index (χ0v) is 10.8. The van der Waals surface area contributed by atoms with E-state index in [1.807, 2.05) is 12.1 Å².